The quantitative estimate of drug-likeness (QED) is 0.646. The molecule has 8 nitrogen and oxygen atoms in total. The Kier molecular flexibility index (Phi) is 2.64. The highest BCUT2D eigenvalue weighted by Gasteiger charge is 2.26. The third kappa shape index (κ3) is 1.65. The first-order chi connectivity index (χ1) is 7.74. The monoisotopic (exact) mass is 225 g/mol. The minimum Gasteiger partial charge on any atom is -0.395 e. The van der Waals surface area contributed by atoms with Crippen LogP contribution in [-0.2, 0) is 0 Å². The summed E-state index contributed by atoms with van der Waals surface area (Å²) in [6, 6.07) is 3.12. The fraction of sp³-hybridized carbons (Fsp3) is 0.250. The van der Waals surface area contributed by atoms with E-state index < -0.39 is 0 Å². The molecule has 2 rings (SSSR count). The summed E-state index contributed by atoms with van der Waals surface area (Å²) in [5.74, 6) is 0. The number of rotatable bonds is 4. The number of aliphatic hydroxyl groups is 1. The van der Waals surface area contributed by atoms with Crippen LogP contribution in [0.1, 0.15) is 0 Å². The fourth-order valence-electron chi connectivity index (χ4n) is 1.36. The van der Waals surface area contributed by atoms with Crippen molar-refractivity contribution >= 4 is 22.4 Å². The van der Waals surface area contributed by atoms with E-state index in [1.807, 2.05) is 0 Å². The maximum absolute atomic E-state index is 11.0. The number of hydrogen-bond acceptors (Lipinski definition) is 6. The van der Waals surface area contributed by atoms with Crippen molar-refractivity contribution in [2.45, 2.75) is 0 Å². The lowest BCUT2D eigenvalue weighted by Crippen LogP contribution is -2.08. The Balaban J connectivity index is 2.54. The molecule has 1 aromatic heterocycles. The van der Waals surface area contributed by atoms with Crippen molar-refractivity contribution in [1.82, 2.24) is 10.3 Å². The summed E-state index contributed by atoms with van der Waals surface area (Å²) in [4.78, 5) is 10.7. The van der Waals surface area contributed by atoms with Gasteiger partial charge in [-0.3, -0.25) is 0 Å². The molecule has 2 aromatic rings. The Morgan fingerprint density at radius 1 is 1.44 bits per heavy atom. The van der Waals surface area contributed by atoms with Gasteiger partial charge in [-0.1, -0.05) is 0 Å². The van der Waals surface area contributed by atoms with Crippen molar-refractivity contribution in [3.05, 3.63) is 17.0 Å². The van der Waals surface area contributed by atoms with Crippen molar-refractivity contribution in [3.8, 4) is 0 Å². The van der Waals surface area contributed by atoms with Crippen molar-refractivity contribution in [3.63, 3.8) is 0 Å². The molecule has 0 aliphatic heterocycles. The maximum atomic E-state index is 11.0. The SMILES string of the molecule is O=[N+](O)c1c(NCCO)ccc2nonc12. The van der Waals surface area contributed by atoms with E-state index in [4.69, 9.17) is 10.3 Å². The molecule has 0 spiro atoms. The third-order valence-electron chi connectivity index (χ3n) is 2.02. The second-order valence-electron chi connectivity index (χ2n) is 3.02. The number of nitrogens with zero attached hydrogens (tertiary/aromatic N) is 3. The van der Waals surface area contributed by atoms with Crippen LogP contribution in [0.5, 0.6) is 0 Å². The van der Waals surface area contributed by atoms with Crippen molar-refractivity contribution < 1.29 is 19.9 Å². The van der Waals surface area contributed by atoms with Crippen molar-refractivity contribution in [2.75, 3.05) is 18.5 Å². The van der Waals surface area contributed by atoms with E-state index in [-0.39, 0.29) is 29.3 Å². The average molecular weight is 225 g/mol. The number of fused-ring (bicyclic) bond motifs is 1. The van der Waals surface area contributed by atoms with Gasteiger partial charge in [0, 0.05) is 6.54 Å². The van der Waals surface area contributed by atoms with Crippen LogP contribution in [0.15, 0.2) is 16.8 Å². The molecule has 1 aromatic carbocycles. The van der Waals surface area contributed by atoms with E-state index in [2.05, 4.69) is 20.3 Å². The van der Waals surface area contributed by atoms with E-state index in [0.29, 0.717) is 11.2 Å². The minimum absolute atomic E-state index is 0.0906. The van der Waals surface area contributed by atoms with Crippen LogP contribution in [0.25, 0.3) is 11.0 Å². The Morgan fingerprint density at radius 2 is 2.25 bits per heavy atom. The summed E-state index contributed by atoms with van der Waals surface area (Å²) in [7, 11) is 0. The van der Waals surface area contributed by atoms with Gasteiger partial charge in [-0.2, -0.15) is 0 Å². The van der Waals surface area contributed by atoms with Gasteiger partial charge < -0.3 is 10.4 Å². The molecule has 84 valence electrons. The number of aliphatic hydroxyl groups excluding tert-OH is 1. The zero-order valence-corrected chi connectivity index (χ0v) is 8.12. The summed E-state index contributed by atoms with van der Waals surface area (Å²) >= 11 is 0. The van der Waals surface area contributed by atoms with E-state index in [0.717, 1.165) is 0 Å². The summed E-state index contributed by atoms with van der Waals surface area (Å²) in [5, 5.41) is 27.5. The topological polar surface area (TPSA) is 111 Å². The molecule has 0 fully saturated rings. The average Bonchev–Trinajstić information content (AvgIpc) is 2.72. The molecule has 8 heteroatoms. The number of hydrogen-bond donors (Lipinski definition) is 3. The second kappa shape index (κ2) is 4.11. The second-order valence-corrected chi connectivity index (χ2v) is 3.02. The highest BCUT2D eigenvalue weighted by molar-refractivity contribution is 5.90. The molecular weight excluding hydrogens is 216 g/mol. The maximum Gasteiger partial charge on any atom is 0.370 e. The molecule has 1 heterocycles. The van der Waals surface area contributed by atoms with Gasteiger partial charge in [0.15, 0.2) is 0 Å². The number of aromatic nitrogens is 2. The Morgan fingerprint density at radius 3 is 2.94 bits per heavy atom. The highest BCUT2D eigenvalue weighted by atomic mass is 16.6. The fourth-order valence-corrected chi connectivity index (χ4v) is 1.36. The number of nitrogens with one attached hydrogen (secondary N) is 1. The van der Waals surface area contributed by atoms with E-state index in [1.54, 1.807) is 12.1 Å². The van der Waals surface area contributed by atoms with Crippen LogP contribution in [0.2, 0.25) is 0 Å². The summed E-state index contributed by atoms with van der Waals surface area (Å²) in [5.41, 5.74) is 0.766. The minimum atomic E-state index is -0.313. The van der Waals surface area contributed by atoms with Crippen LogP contribution in [0.4, 0.5) is 11.4 Å². The molecule has 16 heavy (non-hydrogen) atoms. The van der Waals surface area contributed by atoms with Gasteiger partial charge in [0.05, 0.1) is 11.5 Å². The predicted molar refractivity (Wildman–Crippen MR) is 52.5 cm³/mol. The van der Waals surface area contributed by atoms with Gasteiger partial charge in [0.25, 0.3) is 4.92 Å². The Hall–Kier alpha value is -2.22. The lowest BCUT2D eigenvalue weighted by Gasteiger charge is -2.02. The molecule has 0 unspecified atom stereocenters. The molecule has 3 N–H and O–H groups in total. The van der Waals surface area contributed by atoms with E-state index in [9.17, 15) is 4.91 Å². The molecule has 0 aliphatic rings. The van der Waals surface area contributed by atoms with Crippen LogP contribution < -0.4 is 5.32 Å². The van der Waals surface area contributed by atoms with Gasteiger partial charge in [-0.15, -0.1) is 0 Å². The molecule has 0 saturated heterocycles. The molecule has 0 amide bonds. The first-order valence-corrected chi connectivity index (χ1v) is 4.50. The third-order valence-corrected chi connectivity index (χ3v) is 2.02. The standard InChI is InChI=1S/C8H9N4O4/c13-4-3-9-6-2-1-5-7(11-16-10-5)8(6)12(14)15/h1-2,9,13H,3-4H2,(H,14,15)/q+1. The Bertz CT molecular complexity index is 524. The summed E-state index contributed by atoms with van der Waals surface area (Å²) < 4.78 is 4.46. The number of anilines is 1. The molecule has 0 saturated carbocycles. The molecule has 0 radical (unpaired) electrons. The summed E-state index contributed by atoms with van der Waals surface area (Å²) in [6.07, 6.45) is 0. The zero-order valence-electron chi connectivity index (χ0n) is 8.12. The van der Waals surface area contributed by atoms with Gasteiger partial charge in [0.1, 0.15) is 11.2 Å². The van der Waals surface area contributed by atoms with Gasteiger partial charge in [-0.05, 0) is 22.4 Å². The smallest absolute Gasteiger partial charge is 0.370 e. The summed E-state index contributed by atoms with van der Waals surface area (Å²) in [6.45, 7) is 0.149. The molecule has 0 aliphatic carbocycles. The van der Waals surface area contributed by atoms with Gasteiger partial charge >= 0.3 is 5.69 Å². The van der Waals surface area contributed by atoms with Crippen LogP contribution in [0, 0.1) is 4.91 Å². The van der Waals surface area contributed by atoms with E-state index >= 15 is 0 Å². The normalized spacial score (nSPS) is 10.6. The number of benzene rings is 1. The Labute approximate surface area is 89.0 Å². The molecule has 0 atom stereocenters. The van der Waals surface area contributed by atoms with Crippen LogP contribution in [-0.4, -0.2) is 38.7 Å². The lowest BCUT2D eigenvalue weighted by atomic mass is 10.2. The van der Waals surface area contributed by atoms with Gasteiger partial charge in [-0.25, -0.2) is 9.84 Å². The molecule has 0 bridgehead atoms. The predicted octanol–water partition coefficient (Wildman–Crippen LogP) is 0.427. The zero-order chi connectivity index (χ0) is 11.5. The lowest BCUT2D eigenvalue weighted by molar-refractivity contribution is -0.728. The highest BCUT2D eigenvalue weighted by Crippen LogP contribution is 2.30. The van der Waals surface area contributed by atoms with Crippen molar-refractivity contribution in [1.29, 1.82) is 0 Å². The first-order valence-electron chi connectivity index (χ1n) is 4.50. The van der Waals surface area contributed by atoms with E-state index in [1.165, 1.54) is 0 Å². The van der Waals surface area contributed by atoms with Crippen molar-refractivity contribution in [2.24, 2.45) is 0 Å². The molecular formula is C8H9N4O4+. The first kappa shape index (κ1) is 10.3. The van der Waals surface area contributed by atoms with Crippen LogP contribution >= 0.6 is 0 Å². The van der Waals surface area contributed by atoms with Crippen LogP contribution in [0.3, 0.4) is 0 Å². The van der Waals surface area contributed by atoms with Gasteiger partial charge in [0.2, 0.25) is 5.52 Å². The largest absolute Gasteiger partial charge is 0.395 e.